The molecule has 0 spiro atoms. The summed E-state index contributed by atoms with van der Waals surface area (Å²) in [5, 5.41) is 0. The van der Waals surface area contributed by atoms with Crippen molar-refractivity contribution in [3.63, 3.8) is 0 Å². The Labute approximate surface area is 171 Å². The van der Waals surface area contributed by atoms with E-state index in [1.54, 1.807) is 0 Å². The summed E-state index contributed by atoms with van der Waals surface area (Å²) in [5.41, 5.74) is 10.8. The summed E-state index contributed by atoms with van der Waals surface area (Å²) in [7, 11) is 0. The maximum atomic E-state index is 2.44. The molecule has 0 saturated carbocycles. The maximum Gasteiger partial charge on any atom is -0.0125 e. The van der Waals surface area contributed by atoms with Crippen molar-refractivity contribution in [1.82, 2.24) is 0 Å². The summed E-state index contributed by atoms with van der Waals surface area (Å²) in [6, 6.07) is 22.8. The molecule has 0 fully saturated rings. The third kappa shape index (κ3) is 4.22. The predicted molar refractivity (Wildman–Crippen MR) is 124 cm³/mol. The highest BCUT2D eigenvalue weighted by Crippen LogP contribution is 2.42. The fraction of sp³-hybridized carbons (Fsp3) is 0.357. The van der Waals surface area contributed by atoms with Crippen LogP contribution in [0.2, 0.25) is 0 Å². The van der Waals surface area contributed by atoms with Gasteiger partial charge in [-0.2, -0.15) is 0 Å². The molecule has 3 aromatic carbocycles. The third-order valence-electron chi connectivity index (χ3n) is 5.50. The van der Waals surface area contributed by atoms with Gasteiger partial charge < -0.3 is 0 Å². The smallest absolute Gasteiger partial charge is 0.0125 e. The summed E-state index contributed by atoms with van der Waals surface area (Å²) in [6.07, 6.45) is 0. The largest absolute Gasteiger partial charge is 0.0587 e. The van der Waals surface area contributed by atoms with Crippen molar-refractivity contribution in [3.05, 3.63) is 82.9 Å². The number of hydrogen-bond acceptors (Lipinski definition) is 0. The number of aryl methyl sites for hydroxylation is 2. The van der Waals surface area contributed by atoms with Gasteiger partial charge in [0.2, 0.25) is 0 Å². The van der Waals surface area contributed by atoms with Crippen molar-refractivity contribution >= 4 is 0 Å². The molecule has 0 nitrogen and oxygen atoms in total. The molecule has 0 bridgehead atoms. The van der Waals surface area contributed by atoms with Gasteiger partial charge in [0.05, 0.1) is 0 Å². The van der Waals surface area contributed by atoms with Crippen LogP contribution in [-0.4, -0.2) is 0 Å². The van der Waals surface area contributed by atoms with E-state index in [1.807, 2.05) is 0 Å². The van der Waals surface area contributed by atoms with Gasteiger partial charge in [0, 0.05) is 0 Å². The second-order valence-corrected chi connectivity index (χ2v) is 10.2. The Morgan fingerprint density at radius 3 is 1.00 bits per heavy atom. The molecule has 0 aliphatic rings. The monoisotopic (exact) mass is 370 g/mol. The molecule has 0 aliphatic carbocycles. The van der Waals surface area contributed by atoms with E-state index in [1.165, 1.54) is 44.5 Å². The van der Waals surface area contributed by atoms with E-state index >= 15 is 0 Å². The van der Waals surface area contributed by atoms with Crippen LogP contribution in [0, 0.1) is 13.8 Å². The Bertz CT molecular complexity index is 874. The molecule has 3 aromatic rings. The molecule has 0 saturated heterocycles. The first-order chi connectivity index (χ1) is 13.0. The fourth-order valence-corrected chi connectivity index (χ4v) is 3.78. The molecule has 0 atom stereocenters. The van der Waals surface area contributed by atoms with Crippen molar-refractivity contribution < 1.29 is 0 Å². The van der Waals surface area contributed by atoms with Crippen molar-refractivity contribution in [3.8, 4) is 22.3 Å². The van der Waals surface area contributed by atoms with Crippen LogP contribution in [0.25, 0.3) is 22.3 Å². The van der Waals surface area contributed by atoms with Crippen LogP contribution in [0.5, 0.6) is 0 Å². The molecule has 0 N–H and O–H groups in total. The average molecular weight is 371 g/mol. The van der Waals surface area contributed by atoms with Crippen molar-refractivity contribution in [1.29, 1.82) is 0 Å². The minimum Gasteiger partial charge on any atom is -0.0587 e. The molecule has 0 aromatic heterocycles. The number of rotatable bonds is 2. The Morgan fingerprint density at radius 2 is 0.750 bits per heavy atom. The van der Waals surface area contributed by atoms with Crippen LogP contribution >= 0.6 is 0 Å². The first kappa shape index (κ1) is 20.4. The van der Waals surface area contributed by atoms with Gasteiger partial charge in [-0.05, 0) is 70.2 Å². The zero-order valence-corrected chi connectivity index (χ0v) is 18.8. The molecule has 0 unspecified atom stereocenters. The first-order valence-corrected chi connectivity index (χ1v) is 10.3. The van der Waals surface area contributed by atoms with Crippen molar-refractivity contribution in [2.24, 2.45) is 0 Å². The van der Waals surface area contributed by atoms with Crippen LogP contribution < -0.4 is 0 Å². The van der Waals surface area contributed by atoms with E-state index in [9.17, 15) is 0 Å². The van der Waals surface area contributed by atoms with Gasteiger partial charge in [-0.3, -0.25) is 0 Å². The van der Waals surface area contributed by atoms with E-state index in [0.717, 1.165) is 0 Å². The van der Waals surface area contributed by atoms with Crippen LogP contribution in [0.15, 0.2) is 60.7 Å². The Kier molecular flexibility index (Phi) is 5.28. The lowest BCUT2D eigenvalue weighted by Crippen LogP contribution is -2.18. The van der Waals surface area contributed by atoms with Gasteiger partial charge in [0.1, 0.15) is 0 Å². The zero-order valence-electron chi connectivity index (χ0n) is 18.8. The topological polar surface area (TPSA) is 0 Å². The van der Waals surface area contributed by atoms with E-state index in [4.69, 9.17) is 0 Å². The second kappa shape index (κ2) is 7.24. The minimum atomic E-state index is 0.0656. The highest BCUT2D eigenvalue weighted by molar-refractivity contribution is 5.78. The lowest BCUT2D eigenvalue weighted by atomic mass is 9.74. The van der Waals surface area contributed by atoms with E-state index in [-0.39, 0.29) is 10.8 Å². The molecule has 0 radical (unpaired) electrons. The summed E-state index contributed by atoms with van der Waals surface area (Å²) < 4.78 is 0. The van der Waals surface area contributed by atoms with Crippen molar-refractivity contribution in [2.45, 2.75) is 66.2 Å². The highest BCUT2D eigenvalue weighted by Gasteiger charge is 2.26. The van der Waals surface area contributed by atoms with Gasteiger partial charge in [0.25, 0.3) is 0 Å². The number of benzene rings is 3. The van der Waals surface area contributed by atoms with Crippen LogP contribution in [-0.2, 0) is 10.8 Å². The van der Waals surface area contributed by atoms with E-state index < -0.39 is 0 Å². The molecule has 146 valence electrons. The third-order valence-corrected chi connectivity index (χ3v) is 5.50. The van der Waals surface area contributed by atoms with Gasteiger partial charge >= 0.3 is 0 Å². The molecule has 0 heterocycles. The Morgan fingerprint density at radius 1 is 0.464 bits per heavy atom. The first-order valence-electron chi connectivity index (χ1n) is 10.3. The van der Waals surface area contributed by atoms with Crippen LogP contribution in [0.3, 0.4) is 0 Å². The summed E-state index contributed by atoms with van der Waals surface area (Å²) in [6.45, 7) is 18.2. The van der Waals surface area contributed by atoms with Crippen LogP contribution in [0.4, 0.5) is 0 Å². The number of hydrogen-bond donors (Lipinski definition) is 0. The standard InChI is InChI=1S/C28H34/c1-19-9-13-21(14-10-19)23-17-26(28(6,7)8)24(18-25(23)27(3,4)5)22-15-11-20(2)12-16-22/h9-18H,1-8H3. The molecule has 0 heteroatoms. The average Bonchev–Trinajstić information content (AvgIpc) is 2.60. The van der Waals surface area contributed by atoms with Gasteiger partial charge in [-0.25, -0.2) is 0 Å². The molecular formula is C28H34. The zero-order chi connectivity index (χ0) is 20.7. The van der Waals surface area contributed by atoms with E-state index in [0.29, 0.717) is 0 Å². The summed E-state index contributed by atoms with van der Waals surface area (Å²) in [5.74, 6) is 0. The van der Waals surface area contributed by atoms with Crippen LogP contribution in [0.1, 0.15) is 63.8 Å². The predicted octanol–water partition coefficient (Wildman–Crippen LogP) is 8.23. The molecule has 0 amide bonds. The minimum absolute atomic E-state index is 0.0656. The van der Waals surface area contributed by atoms with E-state index in [2.05, 4.69) is 116 Å². The summed E-state index contributed by atoms with van der Waals surface area (Å²) in [4.78, 5) is 0. The molecule has 28 heavy (non-hydrogen) atoms. The quantitative estimate of drug-likeness (QED) is 0.426. The second-order valence-electron chi connectivity index (χ2n) is 10.2. The SMILES string of the molecule is Cc1ccc(-c2cc(C(C)(C)C)c(-c3ccc(C)cc3)cc2C(C)(C)C)cc1. The highest BCUT2D eigenvalue weighted by atomic mass is 14.3. The molecule has 3 rings (SSSR count). The lowest BCUT2D eigenvalue weighted by Gasteiger charge is -2.30. The Hall–Kier alpha value is -2.34. The van der Waals surface area contributed by atoms with Gasteiger partial charge in [0.15, 0.2) is 0 Å². The summed E-state index contributed by atoms with van der Waals surface area (Å²) >= 11 is 0. The maximum absolute atomic E-state index is 2.44. The molecule has 0 aliphatic heterocycles. The Balaban J connectivity index is 2.35. The van der Waals surface area contributed by atoms with Gasteiger partial charge in [-0.15, -0.1) is 0 Å². The van der Waals surface area contributed by atoms with Crippen molar-refractivity contribution in [2.75, 3.05) is 0 Å². The lowest BCUT2D eigenvalue weighted by molar-refractivity contribution is 0.580. The fourth-order valence-electron chi connectivity index (χ4n) is 3.78. The normalized spacial score (nSPS) is 12.3. The molecular weight excluding hydrogens is 336 g/mol. The van der Waals surface area contributed by atoms with Gasteiger partial charge in [-0.1, -0.05) is 101 Å².